The van der Waals surface area contributed by atoms with Crippen LogP contribution in [0.3, 0.4) is 0 Å². The highest BCUT2D eigenvalue weighted by molar-refractivity contribution is 6.31. The van der Waals surface area contributed by atoms with Crippen molar-refractivity contribution >= 4 is 33.5 Å². The van der Waals surface area contributed by atoms with Crippen LogP contribution < -0.4 is 0 Å². The standard InChI is InChI=1S/C44H25ClO/c45-26-21-22-29-30-23-24-40-41(31-13-3-10-20-39(31)46-40)42(30)44(38(29)25-26)36-18-8-6-16-34(36)43(35-17-7-9-19-37(35)44)32-14-4-1-11-27(32)28-12-2-5-15-33(28)43/h1-25H. The van der Waals surface area contributed by atoms with Crippen LogP contribution in [0.25, 0.3) is 44.2 Å². The average Bonchev–Trinajstić information content (AvgIpc) is 3.73. The summed E-state index contributed by atoms with van der Waals surface area (Å²) in [5.74, 6) is 0. The molecule has 0 amide bonds. The van der Waals surface area contributed by atoms with E-state index in [0.29, 0.717) is 0 Å². The second-order valence-electron chi connectivity index (χ2n) is 12.8. The summed E-state index contributed by atoms with van der Waals surface area (Å²) < 4.78 is 6.57. The summed E-state index contributed by atoms with van der Waals surface area (Å²) in [7, 11) is 0. The fraction of sp³-hybridized carbons (Fsp3) is 0.0455. The Morgan fingerprint density at radius 2 is 0.891 bits per heavy atom. The Hall–Kier alpha value is -5.37. The third-order valence-corrected chi connectivity index (χ3v) is 11.3. The molecule has 1 heterocycles. The second-order valence-corrected chi connectivity index (χ2v) is 13.3. The fourth-order valence-electron chi connectivity index (χ4n) is 9.57. The SMILES string of the molecule is Clc1ccc2c(c1)C1(c3ccccc3C3(c4ccccc4-c4ccccc43)c3ccccc31)c1c-2ccc2oc3ccccc3c12. The van der Waals surface area contributed by atoms with Gasteiger partial charge < -0.3 is 4.42 Å². The van der Waals surface area contributed by atoms with E-state index in [1.165, 1.54) is 72.1 Å². The fourth-order valence-corrected chi connectivity index (χ4v) is 9.74. The highest BCUT2D eigenvalue weighted by Gasteiger charge is 2.59. The summed E-state index contributed by atoms with van der Waals surface area (Å²) in [5, 5.41) is 3.05. The molecule has 1 nitrogen and oxygen atoms in total. The first-order valence-electron chi connectivity index (χ1n) is 15.9. The Labute approximate surface area is 271 Å². The van der Waals surface area contributed by atoms with Crippen LogP contribution in [-0.4, -0.2) is 0 Å². The molecular weight excluding hydrogens is 580 g/mol. The number of rotatable bonds is 0. The number of furan rings is 1. The minimum Gasteiger partial charge on any atom is -0.456 e. The molecule has 0 saturated carbocycles. The highest BCUT2D eigenvalue weighted by Crippen LogP contribution is 2.68. The van der Waals surface area contributed by atoms with Crippen molar-refractivity contribution in [2.45, 2.75) is 10.8 Å². The van der Waals surface area contributed by atoms with Crippen LogP contribution >= 0.6 is 11.6 Å². The van der Waals surface area contributed by atoms with Gasteiger partial charge in [0.1, 0.15) is 11.2 Å². The van der Waals surface area contributed by atoms with Crippen molar-refractivity contribution in [1.29, 1.82) is 0 Å². The zero-order valence-electron chi connectivity index (χ0n) is 24.7. The molecular formula is C44H25ClO. The van der Waals surface area contributed by atoms with Gasteiger partial charge in [0.15, 0.2) is 0 Å². The minimum absolute atomic E-state index is 0.473. The van der Waals surface area contributed by atoms with Gasteiger partial charge in [0, 0.05) is 15.8 Å². The summed E-state index contributed by atoms with van der Waals surface area (Å²) in [4.78, 5) is 0. The van der Waals surface area contributed by atoms with Gasteiger partial charge in [-0.2, -0.15) is 0 Å². The van der Waals surface area contributed by atoms with Crippen molar-refractivity contribution < 1.29 is 4.42 Å². The lowest BCUT2D eigenvalue weighted by molar-refractivity contribution is 0.634. The van der Waals surface area contributed by atoms with Gasteiger partial charge >= 0.3 is 0 Å². The Morgan fingerprint density at radius 3 is 1.54 bits per heavy atom. The van der Waals surface area contributed by atoms with Gasteiger partial charge in [0.05, 0.1) is 10.8 Å². The lowest BCUT2D eigenvalue weighted by Crippen LogP contribution is -2.43. The van der Waals surface area contributed by atoms with Crippen molar-refractivity contribution in [1.82, 2.24) is 0 Å². The number of halogens is 1. The molecule has 2 heteroatoms. The highest BCUT2D eigenvalue weighted by atomic mass is 35.5. The molecule has 0 radical (unpaired) electrons. The molecule has 0 aliphatic heterocycles. The van der Waals surface area contributed by atoms with Crippen LogP contribution in [0, 0.1) is 0 Å². The number of para-hydroxylation sites is 1. The molecule has 8 aromatic rings. The van der Waals surface area contributed by atoms with Gasteiger partial charge in [-0.1, -0.05) is 139 Å². The molecule has 3 aliphatic carbocycles. The second kappa shape index (κ2) is 8.46. The first-order valence-corrected chi connectivity index (χ1v) is 16.3. The smallest absolute Gasteiger partial charge is 0.135 e. The normalized spacial score (nSPS) is 15.4. The third-order valence-electron chi connectivity index (χ3n) is 11.0. The van der Waals surface area contributed by atoms with Crippen molar-refractivity contribution in [2.75, 3.05) is 0 Å². The van der Waals surface area contributed by atoms with Crippen LogP contribution in [0.5, 0.6) is 0 Å². The molecule has 0 N–H and O–H groups in total. The average molecular weight is 605 g/mol. The van der Waals surface area contributed by atoms with Crippen molar-refractivity contribution in [2.24, 2.45) is 0 Å². The maximum Gasteiger partial charge on any atom is 0.135 e. The van der Waals surface area contributed by atoms with Crippen molar-refractivity contribution in [3.63, 3.8) is 0 Å². The Morgan fingerprint density at radius 1 is 0.391 bits per heavy atom. The number of fused-ring (bicyclic) bond motifs is 20. The van der Waals surface area contributed by atoms with Crippen LogP contribution in [0.15, 0.2) is 156 Å². The van der Waals surface area contributed by atoms with Crippen LogP contribution in [0.1, 0.15) is 44.5 Å². The van der Waals surface area contributed by atoms with Gasteiger partial charge in [0.25, 0.3) is 0 Å². The van der Waals surface area contributed by atoms with E-state index >= 15 is 0 Å². The molecule has 0 unspecified atom stereocenters. The first kappa shape index (κ1) is 24.9. The summed E-state index contributed by atoms with van der Waals surface area (Å²) in [6.07, 6.45) is 0. The van der Waals surface area contributed by atoms with E-state index in [0.717, 1.165) is 21.6 Å². The zero-order chi connectivity index (χ0) is 30.2. The molecule has 2 spiro atoms. The minimum atomic E-state index is -0.618. The molecule has 7 aromatic carbocycles. The van der Waals surface area contributed by atoms with E-state index in [1.54, 1.807) is 0 Å². The molecule has 11 rings (SSSR count). The molecule has 3 aliphatic rings. The molecule has 0 atom stereocenters. The van der Waals surface area contributed by atoms with Gasteiger partial charge in [0.2, 0.25) is 0 Å². The van der Waals surface area contributed by atoms with E-state index in [2.05, 4.69) is 146 Å². The van der Waals surface area contributed by atoms with Crippen LogP contribution in [-0.2, 0) is 10.8 Å². The van der Waals surface area contributed by atoms with Gasteiger partial charge in [-0.05, 0) is 91.0 Å². The van der Waals surface area contributed by atoms with Crippen molar-refractivity contribution in [3.05, 3.63) is 201 Å². The number of hydrogen-bond donors (Lipinski definition) is 0. The van der Waals surface area contributed by atoms with Crippen LogP contribution in [0.2, 0.25) is 5.02 Å². The van der Waals surface area contributed by atoms with Crippen LogP contribution in [0.4, 0.5) is 0 Å². The lowest BCUT2D eigenvalue weighted by Gasteiger charge is -2.49. The summed E-state index contributed by atoms with van der Waals surface area (Å²) >= 11 is 6.95. The predicted molar refractivity (Wildman–Crippen MR) is 187 cm³/mol. The first-order chi connectivity index (χ1) is 22.7. The number of hydrogen-bond acceptors (Lipinski definition) is 1. The zero-order valence-corrected chi connectivity index (χ0v) is 25.5. The van der Waals surface area contributed by atoms with E-state index in [4.69, 9.17) is 16.0 Å². The van der Waals surface area contributed by atoms with Crippen molar-refractivity contribution in [3.8, 4) is 22.3 Å². The van der Waals surface area contributed by atoms with Gasteiger partial charge in [-0.25, -0.2) is 0 Å². The maximum absolute atomic E-state index is 6.95. The Balaban J connectivity index is 1.41. The van der Waals surface area contributed by atoms with Gasteiger partial charge in [-0.15, -0.1) is 0 Å². The molecule has 0 saturated heterocycles. The predicted octanol–water partition coefficient (Wildman–Crippen LogP) is 11.3. The van der Waals surface area contributed by atoms with E-state index in [-0.39, 0.29) is 0 Å². The molecule has 0 bridgehead atoms. The van der Waals surface area contributed by atoms with E-state index in [1.807, 2.05) is 6.07 Å². The lowest BCUT2D eigenvalue weighted by atomic mass is 9.52. The molecule has 0 fully saturated rings. The topological polar surface area (TPSA) is 13.1 Å². The summed E-state index contributed by atoms with van der Waals surface area (Å²) in [6, 6.07) is 55.7. The summed E-state index contributed by atoms with van der Waals surface area (Å²) in [5.41, 5.74) is 16.2. The molecule has 46 heavy (non-hydrogen) atoms. The monoisotopic (exact) mass is 604 g/mol. The quantitative estimate of drug-likeness (QED) is 0.168. The Bertz CT molecular complexity index is 2530. The van der Waals surface area contributed by atoms with E-state index < -0.39 is 10.8 Å². The van der Waals surface area contributed by atoms with Gasteiger partial charge in [-0.3, -0.25) is 0 Å². The summed E-state index contributed by atoms with van der Waals surface area (Å²) in [6.45, 7) is 0. The van der Waals surface area contributed by atoms with E-state index in [9.17, 15) is 0 Å². The maximum atomic E-state index is 6.95. The largest absolute Gasteiger partial charge is 0.456 e. The molecule has 1 aromatic heterocycles. The molecule has 214 valence electrons. The number of benzene rings is 7. The Kier molecular flexibility index (Phi) is 4.58. The third kappa shape index (κ3) is 2.65.